The number of aromatic nitrogens is 4. The molecule has 0 unspecified atom stereocenters. The smallest absolute Gasteiger partial charge is 0.231 e. The van der Waals surface area contributed by atoms with Gasteiger partial charge in [-0.05, 0) is 44.1 Å². The minimum absolute atomic E-state index is 0.523. The number of nitrogens with zero attached hydrogens (tertiary/aromatic N) is 4. The highest BCUT2D eigenvalue weighted by Gasteiger charge is 2.30. The van der Waals surface area contributed by atoms with Gasteiger partial charge in [0.15, 0.2) is 5.75 Å². The van der Waals surface area contributed by atoms with Crippen molar-refractivity contribution in [3.8, 4) is 11.6 Å². The molecule has 2 aliphatic carbocycles. The molecule has 0 aliphatic heterocycles. The number of rotatable bonds is 3. The van der Waals surface area contributed by atoms with E-state index in [4.69, 9.17) is 14.7 Å². The lowest BCUT2D eigenvalue weighted by atomic mass is 9.97. The summed E-state index contributed by atoms with van der Waals surface area (Å²) in [6, 6.07) is 0. The molecule has 6 heteroatoms. The summed E-state index contributed by atoms with van der Waals surface area (Å²) in [5, 5.41) is 5.33. The number of fused-ring (bicyclic) bond motifs is 3. The summed E-state index contributed by atoms with van der Waals surface area (Å²) < 4.78 is 7.88. The van der Waals surface area contributed by atoms with Crippen LogP contribution in [0.15, 0.2) is 12.4 Å². The molecule has 0 N–H and O–H groups in total. The molecule has 0 aromatic carbocycles. The molecule has 5 rings (SSSR count). The van der Waals surface area contributed by atoms with Crippen LogP contribution in [0.25, 0.3) is 10.2 Å². The molecule has 0 atom stereocenters. The Labute approximate surface area is 138 Å². The summed E-state index contributed by atoms with van der Waals surface area (Å²) in [6.07, 6.45) is 10.8. The van der Waals surface area contributed by atoms with E-state index in [0.29, 0.717) is 5.92 Å². The van der Waals surface area contributed by atoms with Crippen LogP contribution in [-0.2, 0) is 19.9 Å². The summed E-state index contributed by atoms with van der Waals surface area (Å²) in [7, 11) is 1.89. The van der Waals surface area contributed by atoms with Crippen LogP contribution >= 0.6 is 11.3 Å². The van der Waals surface area contributed by atoms with E-state index in [2.05, 4.69) is 5.10 Å². The SMILES string of the molecule is Cn1cc(Oc2nc(C3CC3)nc3sc4c(c23)CCCC4)cn1. The highest BCUT2D eigenvalue weighted by molar-refractivity contribution is 7.18. The molecule has 0 amide bonds. The third kappa shape index (κ3) is 2.32. The number of ether oxygens (including phenoxy) is 1. The number of aryl methyl sites for hydroxylation is 3. The molecule has 23 heavy (non-hydrogen) atoms. The van der Waals surface area contributed by atoms with E-state index < -0.39 is 0 Å². The van der Waals surface area contributed by atoms with Gasteiger partial charge in [0.05, 0.1) is 17.8 Å². The number of hydrogen-bond acceptors (Lipinski definition) is 5. The fourth-order valence-corrected chi connectivity index (χ4v) is 4.56. The fourth-order valence-electron chi connectivity index (χ4n) is 3.30. The maximum atomic E-state index is 6.13. The predicted octanol–water partition coefficient (Wildman–Crippen LogP) is 3.97. The Morgan fingerprint density at radius 2 is 2.09 bits per heavy atom. The Kier molecular flexibility index (Phi) is 2.95. The highest BCUT2D eigenvalue weighted by Crippen LogP contribution is 2.44. The Bertz CT molecular complexity index is 894. The van der Waals surface area contributed by atoms with Gasteiger partial charge in [-0.15, -0.1) is 11.3 Å². The first kappa shape index (κ1) is 13.5. The molecule has 0 bridgehead atoms. The summed E-state index contributed by atoms with van der Waals surface area (Å²) in [6.45, 7) is 0. The largest absolute Gasteiger partial charge is 0.435 e. The van der Waals surface area contributed by atoms with Crippen LogP contribution in [0.5, 0.6) is 11.6 Å². The molecule has 3 aromatic heterocycles. The van der Waals surface area contributed by atoms with Gasteiger partial charge in [-0.3, -0.25) is 4.68 Å². The summed E-state index contributed by atoms with van der Waals surface area (Å²) in [4.78, 5) is 12.2. The molecule has 5 nitrogen and oxygen atoms in total. The Morgan fingerprint density at radius 3 is 2.87 bits per heavy atom. The van der Waals surface area contributed by atoms with Crippen LogP contribution in [-0.4, -0.2) is 19.7 Å². The van der Waals surface area contributed by atoms with Gasteiger partial charge in [0.25, 0.3) is 0 Å². The zero-order valence-corrected chi connectivity index (χ0v) is 13.9. The average Bonchev–Trinajstić information content (AvgIpc) is 3.22. The monoisotopic (exact) mass is 326 g/mol. The minimum Gasteiger partial charge on any atom is -0.435 e. The van der Waals surface area contributed by atoms with E-state index in [1.165, 1.54) is 42.5 Å². The van der Waals surface area contributed by atoms with E-state index >= 15 is 0 Å². The topological polar surface area (TPSA) is 52.8 Å². The summed E-state index contributed by atoms with van der Waals surface area (Å²) >= 11 is 1.84. The van der Waals surface area contributed by atoms with Crippen molar-refractivity contribution in [2.45, 2.75) is 44.4 Å². The van der Waals surface area contributed by atoms with Crippen LogP contribution in [0.3, 0.4) is 0 Å². The van der Waals surface area contributed by atoms with Gasteiger partial charge in [0.2, 0.25) is 5.88 Å². The Balaban J connectivity index is 1.68. The van der Waals surface area contributed by atoms with Gasteiger partial charge in [-0.1, -0.05) is 0 Å². The van der Waals surface area contributed by atoms with Crippen molar-refractivity contribution in [3.05, 3.63) is 28.7 Å². The molecule has 0 spiro atoms. The normalized spacial score (nSPS) is 17.4. The first-order chi connectivity index (χ1) is 11.3. The fraction of sp³-hybridized carbons (Fsp3) is 0.471. The second-order valence-electron chi connectivity index (χ2n) is 6.50. The standard InChI is InChI=1S/C17H18N4OS/c1-21-9-11(8-18-21)22-16-14-12-4-2-3-5-13(12)23-17(14)20-15(19-16)10-6-7-10/h8-10H,2-7H2,1H3. The molecule has 2 aliphatic rings. The Hall–Kier alpha value is -1.95. The van der Waals surface area contributed by atoms with Crippen LogP contribution in [0.1, 0.15) is 47.9 Å². The predicted molar refractivity (Wildman–Crippen MR) is 89.3 cm³/mol. The molecule has 1 fully saturated rings. The van der Waals surface area contributed by atoms with Crippen molar-refractivity contribution in [1.29, 1.82) is 0 Å². The molecule has 0 radical (unpaired) electrons. The van der Waals surface area contributed by atoms with Gasteiger partial charge < -0.3 is 4.74 Å². The molecule has 3 heterocycles. The first-order valence-corrected chi connectivity index (χ1v) is 9.08. The Morgan fingerprint density at radius 1 is 1.22 bits per heavy atom. The van der Waals surface area contributed by atoms with E-state index in [9.17, 15) is 0 Å². The van der Waals surface area contributed by atoms with E-state index in [1.54, 1.807) is 10.9 Å². The summed E-state index contributed by atoms with van der Waals surface area (Å²) in [5.74, 6) is 2.94. The highest BCUT2D eigenvalue weighted by atomic mass is 32.1. The quantitative estimate of drug-likeness (QED) is 0.731. The van der Waals surface area contributed by atoms with Crippen molar-refractivity contribution in [1.82, 2.24) is 19.7 Å². The zero-order valence-electron chi connectivity index (χ0n) is 13.1. The average molecular weight is 326 g/mol. The lowest BCUT2D eigenvalue weighted by Gasteiger charge is -2.12. The lowest BCUT2D eigenvalue weighted by Crippen LogP contribution is -2.01. The van der Waals surface area contributed by atoms with Crippen LogP contribution in [0.4, 0.5) is 0 Å². The second-order valence-corrected chi connectivity index (χ2v) is 7.59. The second kappa shape index (κ2) is 5.03. The van der Waals surface area contributed by atoms with Crippen molar-refractivity contribution in [3.63, 3.8) is 0 Å². The van der Waals surface area contributed by atoms with Crippen LogP contribution in [0.2, 0.25) is 0 Å². The minimum atomic E-state index is 0.523. The molecule has 118 valence electrons. The van der Waals surface area contributed by atoms with Gasteiger partial charge in [0, 0.05) is 17.8 Å². The van der Waals surface area contributed by atoms with Gasteiger partial charge in [-0.25, -0.2) is 4.98 Å². The number of thiophene rings is 1. The van der Waals surface area contributed by atoms with Gasteiger partial charge in [-0.2, -0.15) is 10.1 Å². The number of hydrogen-bond donors (Lipinski definition) is 0. The lowest BCUT2D eigenvalue weighted by molar-refractivity contribution is 0.464. The van der Waals surface area contributed by atoms with E-state index in [-0.39, 0.29) is 0 Å². The van der Waals surface area contributed by atoms with Crippen LogP contribution < -0.4 is 4.74 Å². The first-order valence-electron chi connectivity index (χ1n) is 8.26. The third-order valence-corrected chi connectivity index (χ3v) is 5.82. The molecule has 0 saturated heterocycles. The van der Waals surface area contributed by atoms with Crippen LogP contribution in [0, 0.1) is 0 Å². The van der Waals surface area contributed by atoms with Crippen molar-refractivity contribution < 1.29 is 4.74 Å². The third-order valence-electron chi connectivity index (χ3n) is 4.64. The van der Waals surface area contributed by atoms with E-state index in [0.717, 1.165) is 34.1 Å². The van der Waals surface area contributed by atoms with Crippen molar-refractivity contribution in [2.75, 3.05) is 0 Å². The zero-order chi connectivity index (χ0) is 15.4. The molecular formula is C17H18N4OS. The van der Waals surface area contributed by atoms with Crippen molar-refractivity contribution in [2.24, 2.45) is 7.05 Å². The molecule has 3 aromatic rings. The van der Waals surface area contributed by atoms with Crippen molar-refractivity contribution >= 4 is 21.6 Å². The maximum absolute atomic E-state index is 6.13. The molecular weight excluding hydrogens is 308 g/mol. The maximum Gasteiger partial charge on any atom is 0.231 e. The van der Waals surface area contributed by atoms with Gasteiger partial charge >= 0.3 is 0 Å². The van der Waals surface area contributed by atoms with Gasteiger partial charge in [0.1, 0.15) is 10.7 Å². The van der Waals surface area contributed by atoms with E-state index in [1.807, 2.05) is 24.6 Å². The summed E-state index contributed by atoms with van der Waals surface area (Å²) in [5.41, 5.74) is 1.41. The molecule has 1 saturated carbocycles.